The number of anilines is 1. The minimum atomic E-state index is -1.46. The van der Waals surface area contributed by atoms with Crippen molar-refractivity contribution in [2.24, 2.45) is 16.6 Å². The highest BCUT2D eigenvalue weighted by atomic mass is 19.1. The van der Waals surface area contributed by atoms with Gasteiger partial charge in [-0.25, -0.2) is 23.7 Å². The van der Waals surface area contributed by atoms with E-state index in [4.69, 9.17) is 10.5 Å². The number of aliphatic imine (C=N–C) groups is 1. The van der Waals surface area contributed by atoms with Gasteiger partial charge in [0.05, 0.1) is 12.4 Å². The van der Waals surface area contributed by atoms with Crippen molar-refractivity contribution in [1.29, 1.82) is 0 Å². The SMILES string of the molecule is CC#Cc1cnc(C(=O)Nc2ccc(F)c([C@@]3(CF)N=C(N)O[C@@H]4C[C@@H]43)c2)cn1. The smallest absolute Gasteiger partial charge is 0.283 e. The lowest BCUT2D eigenvalue weighted by Gasteiger charge is -2.31. The number of fused-ring (bicyclic) bond motifs is 1. The molecule has 1 fully saturated rings. The molecule has 1 aliphatic heterocycles. The fraction of sp³-hybridized carbons (Fsp3) is 0.300. The zero-order valence-corrected chi connectivity index (χ0v) is 15.4. The van der Waals surface area contributed by atoms with Gasteiger partial charge in [-0.3, -0.25) is 4.79 Å². The van der Waals surface area contributed by atoms with E-state index in [1.54, 1.807) is 6.92 Å². The molecule has 1 saturated carbocycles. The van der Waals surface area contributed by atoms with Crippen molar-refractivity contribution in [3.05, 3.63) is 53.4 Å². The Morgan fingerprint density at radius 1 is 1.41 bits per heavy atom. The second-order valence-electron chi connectivity index (χ2n) is 6.82. The lowest BCUT2D eigenvalue weighted by molar-refractivity contribution is 0.102. The third-order valence-corrected chi connectivity index (χ3v) is 4.96. The molecule has 2 heterocycles. The summed E-state index contributed by atoms with van der Waals surface area (Å²) in [6, 6.07) is 3.74. The molecule has 29 heavy (non-hydrogen) atoms. The van der Waals surface area contributed by atoms with Crippen LogP contribution in [0, 0.1) is 23.6 Å². The number of ether oxygens (including phenoxy) is 1. The molecular formula is C20H17F2N5O2. The molecule has 7 nitrogen and oxygen atoms in total. The Labute approximate surface area is 165 Å². The maximum absolute atomic E-state index is 14.6. The summed E-state index contributed by atoms with van der Waals surface area (Å²) in [5.74, 6) is 3.94. The molecule has 148 valence electrons. The van der Waals surface area contributed by atoms with E-state index in [2.05, 4.69) is 32.1 Å². The first-order valence-corrected chi connectivity index (χ1v) is 8.91. The molecule has 0 bridgehead atoms. The molecule has 1 aliphatic carbocycles. The molecular weight excluding hydrogens is 380 g/mol. The van der Waals surface area contributed by atoms with Crippen molar-refractivity contribution < 1.29 is 18.3 Å². The largest absolute Gasteiger partial charge is 0.462 e. The molecule has 1 aromatic heterocycles. The number of nitrogens with zero attached hydrogens (tertiary/aromatic N) is 3. The lowest BCUT2D eigenvalue weighted by Crippen LogP contribution is -2.39. The summed E-state index contributed by atoms with van der Waals surface area (Å²) < 4.78 is 34.0. The van der Waals surface area contributed by atoms with E-state index in [-0.39, 0.29) is 35.0 Å². The monoisotopic (exact) mass is 397 g/mol. The van der Waals surface area contributed by atoms with Crippen LogP contribution < -0.4 is 11.1 Å². The summed E-state index contributed by atoms with van der Waals surface area (Å²) in [5.41, 5.74) is 5.00. The summed E-state index contributed by atoms with van der Waals surface area (Å²) in [6.07, 6.45) is 2.93. The molecule has 3 atom stereocenters. The van der Waals surface area contributed by atoms with E-state index in [0.29, 0.717) is 12.1 Å². The number of benzene rings is 1. The minimum absolute atomic E-state index is 0.0243. The van der Waals surface area contributed by atoms with Crippen LogP contribution >= 0.6 is 0 Å². The summed E-state index contributed by atoms with van der Waals surface area (Å²) in [6.45, 7) is 0.733. The summed E-state index contributed by atoms with van der Waals surface area (Å²) in [7, 11) is 0. The third-order valence-electron chi connectivity index (χ3n) is 4.96. The van der Waals surface area contributed by atoms with E-state index in [0.717, 1.165) is 6.07 Å². The molecule has 2 aliphatic rings. The van der Waals surface area contributed by atoms with Gasteiger partial charge in [0.1, 0.15) is 35.5 Å². The first-order chi connectivity index (χ1) is 14.0. The lowest BCUT2D eigenvalue weighted by atomic mass is 9.85. The number of amides is 1. The molecule has 0 saturated heterocycles. The molecule has 2 aromatic rings. The highest BCUT2D eigenvalue weighted by Crippen LogP contribution is 2.53. The van der Waals surface area contributed by atoms with Gasteiger partial charge in [-0.1, -0.05) is 5.92 Å². The Morgan fingerprint density at radius 3 is 2.93 bits per heavy atom. The van der Waals surface area contributed by atoms with Crippen LogP contribution in [-0.2, 0) is 10.3 Å². The van der Waals surface area contributed by atoms with Crippen molar-refractivity contribution in [1.82, 2.24) is 9.97 Å². The number of carbonyl (C=O) groups is 1. The van der Waals surface area contributed by atoms with E-state index >= 15 is 0 Å². The van der Waals surface area contributed by atoms with Gasteiger partial charge < -0.3 is 15.8 Å². The number of alkyl halides is 1. The highest BCUT2D eigenvalue weighted by Gasteiger charge is 2.60. The predicted octanol–water partition coefficient (Wildman–Crippen LogP) is 2.14. The Bertz CT molecular complexity index is 1060. The standard InChI is InChI=1S/C20H17F2N5O2/c1-2-3-12-8-25-16(9-24-12)18(28)26-11-4-5-15(22)13(6-11)20(10-21)14-7-17(14)29-19(23)27-20/h4-6,8-9,14,17H,7,10H2,1H3,(H2,23,27)(H,26,28)/t14-,17+,20+/m0/s1. The second kappa shape index (κ2) is 7.13. The molecule has 0 radical (unpaired) electrons. The number of hydrogen-bond acceptors (Lipinski definition) is 6. The highest BCUT2D eigenvalue weighted by molar-refractivity contribution is 6.02. The first kappa shape index (κ1) is 18.8. The van der Waals surface area contributed by atoms with Gasteiger partial charge in [0, 0.05) is 17.2 Å². The number of rotatable bonds is 4. The van der Waals surface area contributed by atoms with Gasteiger partial charge in [0.2, 0.25) is 0 Å². The predicted molar refractivity (Wildman–Crippen MR) is 101 cm³/mol. The average Bonchev–Trinajstić information content (AvgIpc) is 3.49. The molecule has 1 amide bonds. The quantitative estimate of drug-likeness (QED) is 0.770. The van der Waals surface area contributed by atoms with E-state index in [1.807, 2.05) is 0 Å². The maximum atomic E-state index is 14.6. The summed E-state index contributed by atoms with van der Waals surface area (Å²) in [4.78, 5) is 24.6. The number of hydrogen-bond donors (Lipinski definition) is 2. The topological polar surface area (TPSA) is 102 Å². The normalized spacial score (nSPS) is 24.3. The van der Waals surface area contributed by atoms with Crippen LogP contribution in [0.2, 0.25) is 0 Å². The fourth-order valence-corrected chi connectivity index (χ4v) is 3.49. The van der Waals surface area contributed by atoms with Crippen LogP contribution in [-0.4, -0.2) is 34.7 Å². The number of nitrogens with one attached hydrogen (secondary N) is 1. The van der Waals surface area contributed by atoms with Gasteiger partial charge in [0.25, 0.3) is 11.9 Å². The number of aromatic nitrogens is 2. The van der Waals surface area contributed by atoms with E-state index in [1.165, 1.54) is 24.5 Å². The summed E-state index contributed by atoms with van der Waals surface area (Å²) in [5, 5.41) is 2.62. The summed E-state index contributed by atoms with van der Waals surface area (Å²) >= 11 is 0. The Morgan fingerprint density at radius 2 is 2.24 bits per heavy atom. The maximum Gasteiger partial charge on any atom is 0.283 e. The van der Waals surface area contributed by atoms with E-state index < -0.39 is 23.9 Å². The van der Waals surface area contributed by atoms with Crippen molar-refractivity contribution in [2.45, 2.75) is 25.0 Å². The van der Waals surface area contributed by atoms with Crippen LogP contribution in [0.4, 0.5) is 14.5 Å². The van der Waals surface area contributed by atoms with Crippen LogP contribution in [0.25, 0.3) is 0 Å². The van der Waals surface area contributed by atoms with Gasteiger partial charge >= 0.3 is 0 Å². The van der Waals surface area contributed by atoms with Crippen LogP contribution in [0.1, 0.15) is 35.1 Å². The first-order valence-electron chi connectivity index (χ1n) is 8.91. The van der Waals surface area contributed by atoms with Gasteiger partial charge in [-0.2, -0.15) is 0 Å². The van der Waals surface area contributed by atoms with Gasteiger partial charge in [0.15, 0.2) is 0 Å². The second-order valence-corrected chi connectivity index (χ2v) is 6.82. The van der Waals surface area contributed by atoms with Crippen molar-refractivity contribution in [3.8, 4) is 11.8 Å². The minimum Gasteiger partial charge on any atom is -0.462 e. The fourth-order valence-electron chi connectivity index (χ4n) is 3.49. The van der Waals surface area contributed by atoms with Gasteiger partial charge in [-0.15, -0.1) is 0 Å². The van der Waals surface area contributed by atoms with Crippen LogP contribution in [0.15, 0.2) is 35.6 Å². The van der Waals surface area contributed by atoms with Crippen LogP contribution in [0.5, 0.6) is 0 Å². The van der Waals surface area contributed by atoms with Crippen molar-refractivity contribution in [2.75, 3.05) is 12.0 Å². The van der Waals surface area contributed by atoms with E-state index in [9.17, 15) is 13.6 Å². The molecule has 1 aromatic carbocycles. The van der Waals surface area contributed by atoms with Gasteiger partial charge in [-0.05, 0) is 37.5 Å². The zero-order chi connectivity index (χ0) is 20.6. The third kappa shape index (κ3) is 3.38. The molecule has 0 unspecified atom stereocenters. The van der Waals surface area contributed by atoms with Crippen molar-refractivity contribution in [3.63, 3.8) is 0 Å². The average molecular weight is 397 g/mol. The Kier molecular flexibility index (Phi) is 4.62. The molecule has 4 rings (SSSR count). The number of halogens is 2. The molecule has 3 N–H and O–H groups in total. The molecule has 0 spiro atoms. The number of nitrogens with two attached hydrogens (primary N) is 1. The van der Waals surface area contributed by atoms with Crippen molar-refractivity contribution >= 4 is 17.6 Å². The zero-order valence-electron chi connectivity index (χ0n) is 15.4. The van der Waals surface area contributed by atoms with Crippen LogP contribution in [0.3, 0.4) is 0 Å². The Hall–Kier alpha value is -3.54. The Balaban J connectivity index is 1.62. The number of carbonyl (C=O) groups excluding carboxylic acids is 1. The number of amidine groups is 1. The molecule has 9 heteroatoms.